The van der Waals surface area contributed by atoms with Gasteiger partial charge in [-0.15, -0.1) is 0 Å². The molecule has 1 aromatic rings. The summed E-state index contributed by atoms with van der Waals surface area (Å²) in [6.45, 7) is 8.22. The Bertz CT molecular complexity index is 464. The van der Waals surface area contributed by atoms with E-state index >= 15 is 0 Å². The summed E-state index contributed by atoms with van der Waals surface area (Å²) in [5.41, 5.74) is 1.32. The van der Waals surface area contributed by atoms with Crippen molar-refractivity contribution < 1.29 is 4.74 Å². The van der Waals surface area contributed by atoms with Crippen molar-refractivity contribution in [2.45, 2.75) is 32.6 Å². The predicted octanol–water partition coefficient (Wildman–Crippen LogP) is 3.42. The van der Waals surface area contributed by atoms with Crippen molar-refractivity contribution in [3.05, 3.63) is 29.8 Å². The van der Waals surface area contributed by atoms with E-state index in [-0.39, 0.29) is 0 Å². The summed E-state index contributed by atoms with van der Waals surface area (Å²) in [6, 6.07) is 10.6. The molecule has 0 spiro atoms. The lowest BCUT2D eigenvalue weighted by Gasteiger charge is -2.32. The Kier molecular flexibility index (Phi) is 5.43. The number of hydrogen-bond donors (Lipinski definition) is 0. The van der Waals surface area contributed by atoms with Gasteiger partial charge >= 0.3 is 0 Å². The fraction of sp³-hybridized carbons (Fsp3) is 0.588. The van der Waals surface area contributed by atoms with Crippen molar-refractivity contribution in [3.8, 4) is 11.8 Å². The average Bonchev–Trinajstić information content (AvgIpc) is 2.44. The van der Waals surface area contributed by atoms with Crippen molar-refractivity contribution in [1.29, 1.82) is 5.26 Å². The van der Waals surface area contributed by atoms with Crippen LogP contribution in [0.15, 0.2) is 24.3 Å². The minimum atomic E-state index is 0.525. The summed E-state index contributed by atoms with van der Waals surface area (Å²) in [6.07, 6.45) is 1.68. The average molecular weight is 272 g/mol. The number of nitriles is 1. The van der Waals surface area contributed by atoms with Crippen LogP contribution in [0.25, 0.3) is 0 Å². The van der Waals surface area contributed by atoms with Crippen LogP contribution >= 0.6 is 0 Å². The minimum Gasteiger partial charge on any atom is -0.493 e. The molecule has 108 valence electrons. The van der Waals surface area contributed by atoms with Gasteiger partial charge in [-0.05, 0) is 24.0 Å². The van der Waals surface area contributed by atoms with Gasteiger partial charge in [0, 0.05) is 32.0 Å². The van der Waals surface area contributed by atoms with Crippen LogP contribution < -0.4 is 4.74 Å². The van der Waals surface area contributed by atoms with Crippen LogP contribution in [-0.4, -0.2) is 31.1 Å². The highest BCUT2D eigenvalue weighted by Gasteiger charge is 2.23. The van der Waals surface area contributed by atoms with E-state index in [1.165, 1.54) is 5.56 Å². The number of hydrogen-bond acceptors (Lipinski definition) is 3. The van der Waals surface area contributed by atoms with Crippen molar-refractivity contribution >= 4 is 0 Å². The normalized spacial score (nSPS) is 17.6. The van der Waals surface area contributed by atoms with Gasteiger partial charge in [0.15, 0.2) is 0 Å². The number of fused-ring (bicyclic) bond motifs is 1. The fourth-order valence-electron chi connectivity index (χ4n) is 2.90. The molecule has 20 heavy (non-hydrogen) atoms. The molecule has 0 saturated heterocycles. The first kappa shape index (κ1) is 14.9. The second-order valence-corrected chi connectivity index (χ2v) is 5.93. The molecule has 3 heteroatoms. The molecule has 0 fully saturated rings. The van der Waals surface area contributed by atoms with E-state index in [0.29, 0.717) is 18.3 Å². The summed E-state index contributed by atoms with van der Waals surface area (Å²) < 4.78 is 5.73. The summed E-state index contributed by atoms with van der Waals surface area (Å²) in [4.78, 5) is 2.43. The number of benzene rings is 1. The Morgan fingerprint density at radius 3 is 2.95 bits per heavy atom. The molecular formula is C17H24N2O. The molecule has 0 radical (unpaired) electrons. The standard InChI is InChI=1S/C17H24N2O/c1-14(2)12-19(10-5-9-18)13-15-8-11-20-17-7-4-3-6-16(15)17/h3-4,6-7,14-15H,5,8,10-13H2,1-2H3. The molecule has 0 aromatic heterocycles. The maximum absolute atomic E-state index is 8.82. The molecule has 3 nitrogen and oxygen atoms in total. The lowest BCUT2D eigenvalue weighted by molar-refractivity contribution is 0.199. The molecule has 2 rings (SSSR count). The topological polar surface area (TPSA) is 36.3 Å². The molecular weight excluding hydrogens is 248 g/mol. The first-order chi connectivity index (χ1) is 9.70. The van der Waals surface area contributed by atoms with Crippen LogP contribution in [0.4, 0.5) is 0 Å². The highest BCUT2D eigenvalue weighted by atomic mass is 16.5. The van der Waals surface area contributed by atoms with Gasteiger partial charge in [0.2, 0.25) is 0 Å². The van der Waals surface area contributed by atoms with Crippen LogP contribution in [-0.2, 0) is 0 Å². The van der Waals surface area contributed by atoms with E-state index in [0.717, 1.165) is 38.4 Å². The SMILES string of the molecule is CC(C)CN(CCC#N)CC1CCOc2ccccc21. The molecule has 1 atom stereocenters. The van der Waals surface area contributed by atoms with Crippen molar-refractivity contribution in [1.82, 2.24) is 4.90 Å². The summed E-state index contributed by atoms with van der Waals surface area (Å²) in [7, 11) is 0. The summed E-state index contributed by atoms with van der Waals surface area (Å²) >= 11 is 0. The molecule has 0 bridgehead atoms. The largest absolute Gasteiger partial charge is 0.493 e. The molecule has 0 N–H and O–H groups in total. The second kappa shape index (κ2) is 7.31. The van der Waals surface area contributed by atoms with Gasteiger partial charge in [-0.25, -0.2) is 0 Å². The molecule has 0 aliphatic carbocycles. The van der Waals surface area contributed by atoms with E-state index in [9.17, 15) is 0 Å². The molecule has 1 aliphatic heterocycles. The smallest absolute Gasteiger partial charge is 0.122 e. The van der Waals surface area contributed by atoms with Gasteiger partial charge in [-0.3, -0.25) is 0 Å². The zero-order valence-electron chi connectivity index (χ0n) is 12.5. The van der Waals surface area contributed by atoms with E-state index in [2.05, 4.69) is 43.0 Å². The highest BCUT2D eigenvalue weighted by Crippen LogP contribution is 2.33. The predicted molar refractivity (Wildman–Crippen MR) is 80.8 cm³/mol. The molecule has 1 unspecified atom stereocenters. The van der Waals surface area contributed by atoms with E-state index in [1.807, 2.05) is 6.07 Å². The fourth-order valence-corrected chi connectivity index (χ4v) is 2.90. The highest BCUT2D eigenvalue weighted by molar-refractivity contribution is 5.37. The number of nitrogens with zero attached hydrogens (tertiary/aromatic N) is 2. The Balaban J connectivity index is 2.05. The van der Waals surface area contributed by atoms with Gasteiger partial charge < -0.3 is 9.64 Å². The maximum atomic E-state index is 8.82. The van der Waals surface area contributed by atoms with E-state index in [4.69, 9.17) is 10.00 Å². The molecule has 1 aliphatic rings. The summed E-state index contributed by atoms with van der Waals surface area (Å²) in [5.74, 6) is 2.19. The van der Waals surface area contributed by atoms with Crippen LogP contribution in [0.3, 0.4) is 0 Å². The monoisotopic (exact) mass is 272 g/mol. The van der Waals surface area contributed by atoms with Crippen LogP contribution in [0.1, 0.15) is 38.2 Å². The van der Waals surface area contributed by atoms with Crippen molar-refractivity contribution in [3.63, 3.8) is 0 Å². The third-order valence-electron chi connectivity index (χ3n) is 3.72. The Labute approximate surface area is 122 Å². The van der Waals surface area contributed by atoms with Gasteiger partial charge in [-0.1, -0.05) is 32.0 Å². The quantitative estimate of drug-likeness (QED) is 0.796. The molecule has 1 aromatic carbocycles. The second-order valence-electron chi connectivity index (χ2n) is 5.93. The molecule has 0 amide bonds. The van der Waals surface area contributed by atoms with Gasteiger partial charge in [0.25, 0.3) is 0 Å². The Morgan fingerprint density at radius 2 is 2.20 bits per heavy atom. The first-order valence-corrected chi connectivity index (χ1v) is 7.51. The third-order valence-corrected chi connectivity index (χ3v) is 3.72. The zero-order valence-corrected chi connectivity index (χ0v) is 12.5. The zero-order chi connectivity index (χ0) is 14.4. The Morgan fingerprint density at radius 1 is 1.40 bits per heavy atom. The van der Waals surface area contributed by atoms with Crippen molar-refractivity contribution in [2.24, 2.45) is 5.92 Å². The van der Waals surface area contributed by atoms with Crippen LogP contribution in [0, 0.1) is 17.2 Å². The lowest BCUT2D eigenvalue weighted by atomic mass is 9.92. The first-order valence-electron chi connectivity index (χ1n) is 7.51. The summed E-state index contributed by atoms with van der Waals surface area (Å²) in [5, 5.41) is 8.82. The number of ether oxygens (including phenoxy) is 1. The Hall–Kier alpha value is -1.53. The van der Waals surface area contributed by atoms with Crippen molar-refractivity contribution in [2.75, 3.05) is 26.2 Å². The minimum absolute atomic E-state index is 0.525. The lowest BCUT2D eigenvalue weighted by Crippen LogP contribution is -2.34. The van der Waals surface area contributed by atoms with Crippen LogP contribution in [0.2, 0.25) is 0 Å². The van der Waals surface area contributed by atoms with Gasteiger partial charge in [0.1, 0.15) is 5.75 Å². The molecule has 1 heterocycles. The number of para-hydroxylation sites is 1. The van der Waals surface area contributed by atoms with E-state index in [1.54, 1.807) is 0 Å². The third kappa shape index (κ3) is 3.98. The van der Waals surface area contributed by atoms with Crippen LogP contribution in [0.5, 0.6) is 5.75 Å². The molecule has 0 saturated carbocycles. The maximum Gasteiger partial charge on any atom is 0.122 e. The van der Waals surface area contributed by atoms with E-state index < -0.39 is 0 Å². The number of rotatable bonds is 6. The van der Waals surface area contributed by atoms with Gasteiger partial charge in [-0.2, -0.15) is 5.26 Å². The van der Waals surface area contributed by atoms with Gasteiger partial charge in [0.05, 0.1) is 12.7 Å².